The summed E-state index contributed by atoms with van der Waals surface area (Å²) in [6.07, 6.45) is 2.88. The lowest BCUT2D eigenvalue weighted by molar-refractivity contribution is 0.174. The van der Waals surface area contributed by atoms with E-state index in [1.54, 1.807) is 0 Å². The Morgan fingerprint density at radius 1 is 1.15 bits per heavy atom. The van der Waals surface area contributed by atoms with Crippen molar-refractivity contribution < 1.29 is 9.47 Å². The lowest BCUT2D eigenvalue weighted by atomic mass is 9.58. The summed E-state index contributed by atoms with van der Waals surface area (Å²) >= 11 is 0. The second-order valence-electron chi connectivity index (χ2n) is 8.71. The molecule has 2 N–H and O–H groups in total. The second-order valence-corrected chi connectivity index (χ2v) is 8.71. The van der Waals surface area contributed by atoms with Gasteiger partial charge in [-0.05, 0) is 50.5 Å². The SMILES string of the molecule is CCCOc1ccc([C@@H]2[C@H]3CN(C(C)C)CC=C3C(C#N)=C(N)C2(C#N)C#N)cc1OCC. The van der Waals surface area contributed by atoms with Crippen molar-refractivity contribution >= 4 is 0 Å². The highest BCUT2D eigenvalue weighted by Crippen LogP contribution is 2.55. The molecule has 1 aliphatic carbocycles. The number of rotatable bonds is 7. The number of nitrogens with two attached hydrogens (primary N) is 1. The van der Waals surface area contributed by atoms with E-state index < -0.39 is 11.3 Å². The molecule has 0 aromatic heterocycles. The third kappa shape index (κ3) is 4.15. The zero-order valence-corrected chi connectivity index (χ0v) is 19.8. The van der Waals surface area contributed by atoms with E-state index in [-0.39, 0.29) is 23.2 Å². The van der Waals surface area contributed by atoms with E-state index in [9.17, 15) is 15.8 Å². The van der Waals surface area contributed by atoms with Gasteiger partial charge in [-0.3, -0.25) is 4.90 Å². The van der Waals surface area contributed by atoms with Crippen LogP contribution in [0.2, 0.25) is 0 Å². The maximum absolute atomic E-state index is 10.3. The van der Waals surface area contributed by atoms with Crippen LogP contribution in [0.3, 0.4) is 0 Å². The number of benzene rings is 1. The van der Waals surface area contributed by atoms with E-state index in [1.807, 2.05) is 38.1 Å². The van der Waals surface area contributed by atoms with Gasteiger partial charge in [0, 0.05) is 31.0 Å². The molecular weight excluding hydrogens is 414 g/mol. The average molecular weight is 446 g/mol. The number of ether oxygens (including phenoxy) is 2. The van der Waals surface area contributed by atoms with Crippen LogP contribution in [0, 0.1) is 45.3 Å². The minimum atomic E-state index is -1.66. The summed E-state index contributed by atoms with van der Waals surface area (Å²) in [5, 5.41) is 30.5. The van der Waals surface area contributed by atoms with Gasteiger partial charge in [0.1, 0.15) is 6.07 Å². The zero-order chi connectivity index (χ0) is 24.2. The summed E-state index contributed by atoms with van der Waals surface area (Å²) in [4.78, 5) is 2.28. The highest BCUT2D eigenvalue weighted by atomic mass is 16.5. The zero-order valence-electron chi connectivity index (χ0n) is 19.8. The molecule has 0 spiro atoms. The normalized spacial score (nSPS) is 21.9. The summed E-state index contributed by atoms with van der Waals surface area (Å²) in [6, 6.07) is 12.4. The molecule has 1 aromatic carbocycles. The summed E-state index contributed by atoms with van der Waals surface area (Å²) in [5.41, 5.74) is 6.63. The highest BCUT2D eigenvalue weighted by Gasteiger charge is 2.54. The summed E-state index contributed by atoms with van der Waals surface area (Å²) < 4.78 is 11.7. The molecule has 2 atom stereocenters. The quantitative estimate of drug-likeness (QED) is 0.673. The van der Waals surface area contributed by atoms with Gasteiger partial charge in [-0.2, -0.15) is 15.8 Å². The maximum atomic E-state index is 10.3. The molecule has 2 aliphatic rings. The van der Waals surface area contributed by atoms with Crippen LogP contribution >= 0.6 is 0 Å². The predicted octanol–water partition coefficient (Wildman–Crippen LogP) is 4.01. The molecule has 1 aliphatic heterocycles. The number of hydrogen-bond acceptors (Lipinski definition) is 7. The molecule has 172 valence electrons. The Kier molecular flexibility index (Phi) is 7.32. The first kappa shape index (κ1) is 24.2. The van der Waals surface area contributed by atoms with Crippen LogP contribution in [0.15, 0.2) is 41.1 Å². The van der Waals surface area contributed by atoms with Gasteiger partial charge in [0.15, 0.2) is 16.9 Å². The van der Waals surface area contributed by atoms with Crippen molar-refractivity contribution in [1.82, 2.24) is 4.90 Å². The van der Waals surface area contributed by atoms with Crippen LogP contribution in [0.1, 0.15) is 45.6 Å². The maximum Gasteiger partial charge on any atom is 0.191 e. The lowest BCUT2D eigenvalue weighted by Crippen LogP contribution is -2.49. The molecule has 0 bridgehead atoms. The van der Waals surface area contributed by atoms with Crippen LogP contribution in [0.25, 0.3) is 0 Å². The molecule has 0 fully saturated rings. The second kappa shape index (κ2) is 9.99. The third-order valence-corrected chi connectivity index (χ3v) is 6.51. The third-order valence-electron chi connectivity index (χ3n) is 6.51. The predicted molar refractivity (Wildman–Crippen MR) is 125 cm³/mol. The minimum Gasteiger partial charge on any atom is -0.490 e. The molecular formula is C26H31N5O2. The van der Waals surface area contributed by atoms with Gasteiger partial charge in [0.2, 0.25) is 0 Å². The average Bonchev–Trinajstić information content (AvgIpc) is 2.82. The van der Waals surface area contributed by atoms with Crippen molar-refractivity contribution in [2.75, 3.05) is 26.3 Å². The van der Waals surface area contributed by atoms with Gasteiger partial charge in [-0.15, -0.1) is 0 Å². The molecule has 0 radical (unpaired) electrons. The smallest absolute Gasteiger partial charge is 0.191 e. The number of nitrogens with zero attached hydrogens (tertiary/aromatic N) is 4. The Labute approximate surface area is 196 Å². The molecule has 0 amide bonds. The van der Waals surface area contributed by atoms with Gasteiger partial charge >= 0.3 is 0 Å². The van der Waals surface area contributed by atoms with Crippen molar-refractivity contribution in [2.24, 2.45) is 17.1 Å². The van der Waals surface area contributed by atoms with Crippen LogP contribution < -0.4 is 15.2 Å². The summed E-state index contributed by atoms with van der Waals surface area (Å²) in [5.74, 6) is 0.405. The van der Waals surface area contributed by atoms with E-state index >= 15 is 0 Å². The van der Waals surface area contributed by atoms with Crippen molar-refractivity contribution in [1.29, 1.82) is 15.8 Å². The van der Waals surface area contributed by atoms with Crippen LogP contribution in [0.5, 0.6) is 11.5 Å². The first-order valence-corrected chi connectivity index (χ1v) is 11.4. The fraction of sp³-hybridized carbons (Fsp3) is 0.500. The van der Waals surface area contributed by atoms with Crippen molar-refractivity contribution in [3.8, 4) is 29.7 Å². The van der Waals surface area contributed by atoms with E-state index in [1.165, 1.54) is 0 Å². The van der Waals surface area contributed by atoms with Gasteiger partial charge in [0.05, 0.1) is 36.6 Å². The van der Waals surface area contributed by atoms with E-state index in [0.717, 1.165) is 17.6 Å². The molecule has 33 heavy (non-hydrogen) atoms. The Morgan fingerprint density at radius 2 is 1.88 bits per heavy atom. The monoisotopic (exact) mass is 445 g/mol. The van der Waals surface area contributed by atoms with Gasteiger partial charge in [-0.1, -0.05) is 19.1 Å². The van der Waals surface area contributed by atoms with Crippen molar-refractivity contribution in [3.05, 3.63) is 46.7 Å². The number of allylic oxidation sites excluding steroid dienone is 2. The molecule has 7 nitrogen and oxygen atoms in total. The summed E-state index contributed by atoms with van der Waals surface area (Å²) in [7, 11) is 0. The number of hydrogen-bond donors (Lipinski definition) is 1. The van der Waals surface area contributed by atoms with Crippen molar-refractivity contribution in [3.63, 3.8) is 0 Å². The molecule has 0 saturated carbocycles. The first-order chi connectivity index (χ1) is 15.9. The van der Waals surface area contributed by atoms with Gasteiger partial charge in [-0.25, -0.2) is 0 Å². The van der Waals surface area contributed by atoms with E-state index in [0.29, 0.717) is 37.8 Å². The topological polar surface area (TPSA) is 119 Å². The fourth-order valence-corrected chi connectivity index (χ4v) is 4.82. The molecule has 0 saturated heterocycles. The van der Waals surface area contributed by atoms with Gasteiger partial charge in [0.25, 0.3) is 0 Å². The van der Waals surface area contributed by atoms with E-state index in [4.69, 9.17) is 15.2 Å². The number of nitriles is 3. The number of fused-ring (bicyclic) bond motifs is 1. The van der Waals surface area contributed by atoms with Crippen LogP contribution in [-0.2, 0) is 0 Å². The molecule has 1 aromatic rings. The Bertz CT molecular complexity index is 1070. The summed E-state index contributed by atoms with van der Waals surface area (Å²) in [6.45, 7) is 10.5. The van der Waals surface area contributed by atoms with Gasteiger partial charge < -0.3 is 15.2 Å². The Hall–Kier alpha value is -3.47. The Morgan fingerprint density at radius 3 is 2.45 bits per heavy atom. The van der Waals surface area contributed by atoms with Crippen LogP contribution in [-0.4, -0.2) is 37.2 Å². The minimum absolute atomic E-state index is 0.0322. The molecule has 1 heterocycles. The molecule has 7 heteroatoms. The standard InChI is InChI=1S/C26H31N5O2/c1-5-11-33-22-8-7-18(12-23(22)32-6-2)24-21-14-31(17(3)4)10-9-19(21)20(13-27)25(30)26(24,15-28)16-29/h7-9,12,17,21,24H,5-6,10-11,14,30H2,1-4H3/t21-,24+/m0/s1. The molecule has 0 unspecified atom stereocenters. The van der Waals surface area contributed by atoms with E-state index in [2.05, 4.69) is 37.0 Å². The van der Waals surface area contributed by atoms with Crippen molar-refractivity contribution in [2.45, 2.75) is 46.1 Å². The Balaban J connectivity index is 2.24. The first-order valence-electron chi connectivity index (χ1n) is 11.4. The van der Waals surface area contributed by atoms with Crippen LogP contribution in [0.4, 0.5) is 0 Å². The molecule has 3 rings (SSSR count). The largest absolute Gasteiger partial charge is 0.490 e. The fourth-order valence-electron chi connectivity index (χ4n) is 4.82. The lowest BCUT2D eigenvalue weighted by Gasteiger charge is -2.46. The highest BCUT2D eigenvalue weighted by molar-refractivity contribution is 5.60.